The van der Waals surface area contributed by atoms with Crippen LogP contribution in [0.5, 0.6) is 11.5 Å². The van der Waals surface area contributed by atoms with Crippen molar-refractivity contribution in [1.82, 2.24) is 10.2 Å². The molecule has 2 fully saturated rings. The van der Waals surface area contributed by atoms with Crippen LogP contribution in [-0.2, 0) is 6.42 Å². The number of methoxy groups -OCH3 is 1. The van der Waals surface area contributed by atoms with Gasteiger partial charge in [-0.25, -0.2) is 0 Å². The van der Waals surface area contributed by atoms with Crippen molar-refractivity contribution >= 4 is 5.96 Å². The molecule has 2 N–H and O–H groups in total. The second-order valence-corrected chi connectivity index (χ2v) is 7.19. The van der Waals surface area contributed by atoms with Crippen LogP contribution in [0.2, 0.25) is 0 Å². The summed E-state index contributed by atoms with van der Waals surface area (Å²) in [5.41, 5.74) is 0.912. The molecule has 5 nitrogen and oxygen atoms in total. The van der Waals surface area contributed by atoms with Crippen molar-refractivity contribution in [3.63, 3.8) is 0 Å². The molecule has 1 aliphatic carbocycles. The number of nitrogens with one attached hydrogen (secondary N) is 1. The van der Waals surface area contributed by atoms with Crippen LogP contribution in [0.3, 0.4) is 0 Å². The third kappa shape index (κ3) is 4.39. The molecule has 1 aromatic carbocycles. The van der Waals surface area contributed by atoms with E-state index in [0.29, 0.717) is 12.3 Å². The molecule has 1 saturated carbocycles. The van der Waals surface area contributed by atoms with Crippen molar-refractivity contribution in [2.75, 3.05) is 33.3 Å². The van der Waals surface area contributed by atoms with E-state index in [4.69, 9.17) is 9.73 Å². The zero-order valence-electron chi connectivity index (χ0n) is 15.5. The molecule has 0 bridgehead atoms. The Labute approximate surface area is 151 Å². The standard InChI is InChI=1S/C20H31N3O2/c1-3-21-20(23-13-16-6-4-5-7-17(16)14-23)22-11-10-15-8-9-18(25-2)12-19(15)24/h8-9,12,16-17,24H,3-7,10-11,13-14H2,1-2H3,(H,21,22). The van der Waals surface area contributed by atoms with Crippen molar-refractivity contribution in [2.24, 2.45) is 16.8 Å². The smallest absolute Gasteiger partial charge is 0.193 e. The fourth-order valence-corrected chi connectivity index (χ4v) is 4.17. The highest BCUT2D eigenvalue weighted by Gasteiger charge is 2.35. The molecule has 1 heterocycles. The van der Waals surface area contributed by atoms with Gasteiger partial charge >= 0.3 is 0 Å². The number of rotatable bonds is 5. The molecule has 1 aliphatic heterocycles. The van der Waals surface area contributed by atoms with Gasteiger partial charge in [-0.3, -0.25) is 4.99 Å². The zero-order valence-corrected chi connectivity index (χ0v) is 15.5. The number of hydrogen-bond acceptors (Lipinski definition) is 3. The maximum atomic E-state index is 10.1. The fourth-order valence-electron chi connectivity index (χ4n) is 4.17. The second-order valence-electron chi connectivity index (χ2n) is 7.19. The van der Waals surface area contributed by atoms with Crippen LogP contribution >= 0.6 is 0 Å². The van der Waals surface area contributed by atoms with E-state index in [1.54, 1.807) is 13.2 Å². The molecule has 0 amide bonds. The largest absolute Gasteiger partial charge is 0.508 e. The van der Waals surface area contributed by atoms with Crippen molar-refractivity contribution < 1.29 is 9.84 Å². The average molecular weight is 345 g/mol. The molecule has 0 aromatic heterocycles. The summed E-state index contributed by atoms with van der Waals surface area (Å²) >= 11 is 0. The van der Waals surface area contributed by atoms with E-state index in [1.807, 2.05) is 12.1 Å². The van der Waals surface area contributed by atoms with E-state index in [-0.39, 0.29) is 5.75 Å². The van der Waals surface area contributed by atoms with Crippen molar-refractivity contribution in [2.45, 2.75) is 39.0 Å². The van der Waals surface area contributed by atoms with Crippen LogP contribution in [0.25, 0.3) is 0 Å². The summed E-state index contributed by atoms with van der Waals surface area (Å²) in [5.74, 6) is 3.70. The second kappa shape index (κ2) is 8.45. The van der Waals surface area contributed by atoms with Gasteiger partial charge in [0.15, 0.2) is 5.96 Å². The summed E-state index contributed by atoms with van der Waals surface area (Å²) in [5, 5.41) is 13.5. The Hall–Kier alpha value is -1.91. The maximum absolute atomic E-state index is 10.1. The molecule has 1 saturated heterocycles. The van der Waals surface area contributed by atoms with Gasteiger partial charge < -0.3 is 20.1 Å². The molecule has 138 valence electrons. The summed E-state index contributed by atoms with van der Waals surface area (Å²) < 4.78 is 5.13. The number of hydrogen-bond donors (Lipinski definition) is 2. The van der Waals surface area contributed by atoms with Gasteiger partial charge in [0.1, 0.15) is 11.5 Å². The zero-order chi connectivity index (χ0) is 17.6. The van der Waals surface area contributed by atoms with Gasteiger partial charge in [0, 0.05) is 32.2 Å². The summed E-state index contributed by atoms with van der Waals surface area (Å²) in [6.07, 6.45) is 6.25. The Kier molecular flexibility index (Phi) is 6.05. The molecular formula is C20H31N3O2. The first-order valence-corrected chi connectivity index (χ1v) is 9.60. The highest BCUT2D eigenvalue weighted by Crippen LogP contribution is 2.36. The van der Waals surface area contributed by atoms with Crippen LogP contribution in [0.15, 0.2) is 23.2 Å². The van der Waals surface area contributed by atoms with E-state index in [0.717, 1.165) is 49.4 Å². The molecular weight excluding hydrogens is 314 g/mol. The Morgan fingerprint density at radius 1 is 1.28 bits per heavy atom. The molecule has 5 heteroatoms. The van der Waals surface area contributed by atoms with E-state index in [1.165, 1.54) is 25.7 Å². The van der Waals surface area contributed by atoms with Crippen LogP contribution in [0, 0.1) is 11.8 Å². The van der Waals surface area contributed by atoms with Crippen LogP contribution in [0.1, 0.15) is 38.2 Å². The van der Waals surface area contributed by atoms with Crippen LogP contribution < -0.4 is 10.1 Å². The average Bonchev–Trinajstić information content (AvgIpc) is 3.06. The quantitative estimate of drug-likeness (QED) is 0.636. The monoisotopic (exact) mass is 345 g/mol. The SMILES string of the molecule is CCNC(=NCCc1ccc(OC)cc1O)N1CC2CCCCC2C1. The number of nitrogens with zero attached hydrogens (tertiary/aromatic N) is 2. The fraction of sp³-hybridized carbons (Fsp3) is 0.650. The summed E-state index contributed by atoms with van der Waals surface area (Å²) in [4.78, 5) is 7.26. The lowest BCUT2D eigenvalue weighted by Gasteiger charge is -2.22. The van der Waals surface area contributed by atoms with Gasteiger partial charge in [-0.15, -0.1) is 0 Å². The third-order valence-electron chi connectivity index (χ3n) is 5.55. The Morgan fingerprint density at radius 2 is 2.00 bits per heavy atom. The number of fused-ring (bicyclic) bond motifs is 1. The number of benzene rings is 1. The first-order chi connectivity index (χ1) is 12.2. The van der Waals surface area contributed by atoms with Gasteiger partial charge in [-0.1, -0.05) is 18.9 Å². The van der Waals surface area contributed by atoms with Gasteiger partial charge in [-0.2, -0.15) is 0 Å². The van der Waals surface area contributed by atoms with Crippen molar-refractivity contribution in [3.05, 3.63) is 23.8 Å². The summed E-state index contributed by atoms with van der Waals surface area (Å²) in [7, 11) is 1.61. The topological polar surface area (TPSA) is 57.1 Å². The molecule has 1 aromatic rings. The highest BCUT2D eigenvalue weighted by molar-refractivity contribution is 5.80. The molecule has 0 spiro atoms. The van der Waals surface area contributed by atoms with E-state index in [9.17, 15) is 5.11 Å². The molecule has 0 radical (unpaired) electrons. The van der Waals surface area contributed by atoms with Crippen molar-refractivity contribution in [1.29, 1.82) is 0 Å². The van der Waals surface area contributed by atoms with Gasteiger partial charge in [0.2, 0.25) is 0 Å². The van der Waals surface area contributed by atoms with E-state index < -0.39 is 0 Å². The first kappa shape index (κ1) is 17.9. The number of phenols is 1. The third-order valence-corrected chi connectivity index (χ3v) is 5.55. The molecule has 2 unspecified atom stereocenters. The molecule has 25 heavy (non-hydrogen) atoms. The minimum atomic E-state index is 0.284. The minimum Gasteiger partial charge on any atom is -0.508 e. The normalized spacial score (nSPS) is 23.4. The Bertz CT molecular complexity index is 589. The Balaban J connectivity index is 1.61. The molecule has 2 atom stereocenters. The van der Waals surface area contributed by atoms with E-state index >= 15 is 0 Å². The Morgan fingerprint density at radius 3 is 2.60 bits per heavy atom. The number of ether oxygens (including phenoxy) is 1. The van der Waals surface area contributed by atoms with E-state index in [2.05, 4.69) is 17.1 Å². The number of aliphatic imine (C=N–C) groups is 1. The summed E-state index contributed by atoms with van der Waals surface area (Å²) in [6.45, 7) is 5.97. The van der Waals surface area contributed by atoms with Gasteiger partial charge in [0.25, 0.3) is 0 Å². The predicted octanol–water partition coefficient (Wildman–Crippen LogP) is 3.03. The number of phenolic OH excluding ortho intramolecular Hbond substituents is 1. The summed E-state index contributed by atoms with van der Waals surface area (Å²) in [6, 6.07) is 5.46. The predicted molar refractivity (Wildman–Crippen MR) is 101 cm³/mol. The maximum Gasteiger partial charge on any atom is 0.193 e. The first-order valence-electron chi connectivity index (χ1n) is 9.60. The van der Waals surface area contributed by atoms with Crippen molar-refractivity contribution in [3.8, 4) is 11.5 Å². The van der Waals surface area contributed by atoms with Gasteiger partial charge in [0.05, 0.1) is 7.11 Å². The highest BCUT2D eigenvalue weighted by atomic mass is 16.5. The van der Waals surface area contributed by atoms with Crippen LogP contribution in [0.4, 0.5) is 0 Å². The number of guanidine groups is 1. The molecule has 3 rings (SSSR count). The van der Waals surface area contributed by atoms with Crippen LogP contribution in [-0.4, -0.2) is 49.3 Å². The van der Waals surface area contributed by atoms with Gasteiger partial charge in [-0.05, 0) is 49.7 Å². The number of aromatic hydroxyl groups is 1. The number of likely N-dealkylation sites (tertiary alicyclic amines) is 1. The lowest BCUT2D eigenvalue weighted by atomic mass is 9.82. The molecule has 2 aliphatic rings. The lowest BCUT2D eigenvalue weighted by molar-refractivity contribution is 0.299. The minimum absolute atomic E-state index is 0.284. The lowest BCUT2D eigenvalue weighted by Crippen LogP contribution is -2.40.